The second-order valence-electron chi connectivity index (χ2n) is 6.31. The number of amides is 1. The zero-order valence-electron chi connectivity index (χ0n) is 14.6. The minimum absolute atomic E-state index is 0.129. The minimum Gasteiger partial charge on any atom is -0.480 e. The molecule has 1 fully saturated rings. The van der Waals surface area contributed by atoms with Gasteiger partial charge in [-0.05, 0) is 26.0 Å². The molecule has 2 unspecified atom stereocenters. The number of morpholine rings is 1. The van der Waals surface area contributed by atoms with Gasteiger partial charge in [0.15, 0.2) is 5.82 Å². The fourth-order valence-electron chi connectivity index (χ4n) is 2.92. The summed E-state index contributed by atoms with van der Waals surface area (Å²) in [6, 6.07) is 5.05. The van der Waals surface area contributed by atoms with Gasteiger partial charge in [-0.3, -0.25) is 14.3 Å². The highest BCUT2D eigenvalue weighted by Crippen LogP contribution is 2.18. The molecule has 0 bridgehead atoms. The van der Waals surface area contributed by atoms with Crippen LogP contribution >= 0.6 is 0 Å². The summed E-state index contributed by atoms with van der Waals surface area (Å²) in [6.45, 7) is 5.29. The van der Waals surface area contributed by atoms with Crippen LogP contribution in [0, 0.1) is 0 Å². The third kappa shape index (κ3) is 4.37. The van der Waals surface area contributed by atoms with Crippen molar-refractivity contribution >= 4 is 23.5 Å². The largest absolute Gasteiger partial charge is 0.480 e. The van der Waals surface area contributed by atoms with Crippen LogP contribution in [0.1, 0.15) is 24.2 Å². The Balaban J connectivity index is 1.63. The number of carboxylic acids is 1. The molecule has 2 N–H and O–H groups in total. The molecular formula is C17H21N5O4. The van der Waals surface area contributed by atoms with Gasteiger partial charge in [-0.15, -0.1) is 0 Å². The molecule has 3 rings (SSSR count). The fourth-order valence-corrected chi connectivity index (χ4v) is 2.92. The monoisotopic (exact) mass is 359 g/mol. The van der Waals surface area contributed by atoms with Crippen molar-refractivity contribution in [1.29, 1.82) is 0 Å². The summed E-state index contributed by atoms with van der Waals surface area (Å²) >= 11 is 0. The van der Waals surface area contributed by atoms with E-state index in [2.05, 4.69) is 20.3 Å². The van der Waals surface area contributed by atoms with Crippen LogP contribution in [-0.4, -0.2) is 57.0 Å². The van der Waals surface area contributed by atoms with Crippen LogP contribution in [-0.2, 0) is 16.1 Å². The number of nitrogens with one attached hydrogen (secondary N) is 1. The van der Waals surface area contributed by atoms with Gasteiger partial charge in [-0.2, -0.15) is 5.10 Å². The molecule has 3 heterocycles. The highest BCUT2D eigenvalue weighted by Gasteiger charge is 2.23. The van der Waals surface area contributed by atoms with Gasteiger partial charge in [0.05, 0.1) is 17.8 Å². The van der Waals surface area contributed by atoms with Crippen LogP contribution in [0.15, 0.2) is 30.6 Å². The molecule has 0 saturated carbocycles. The number of aliphatic carboxylic acids is 1. The second-order valence-corrected chi connectivity index (χ2v) is 6.31. The van der Waals surface area contributed by atoms with Crippen molar-refractivity contribution < 1.29 is 19.4 Å². The third-order valence-corrected chi connectivity index (χ3v) is 3.93. The number of aromatic nitrogens is 3. The summed E-state index contributed by atoms with van der Waals surface area (Å²) in [6.07, 6.45) is 3.27. The lowest BCUT2D eigenvalue weighted by atomic mass is 10.2. The Morgan fingerprint density at radius 1 is 1.27 bits per heavy atom. The van der Waals surface area contributed by atoms with Crippen LogP contribution in [0.25, 0.3) is 0 Å². The number of ether oxygens (including phenoxy) is 1. The molecule has 0 radical (unpaired) electrons. The van der Waals surface area contributed by atoms with Gasteiger partial charge < -0.3 is 20.1 Å². The van der Waals surface area contributed by atoms with E-state index in [1.807, 2.05) is 19.9 Å². The Morgan fingerprint density at radius 2 is 2.00 bits per heavy atom. The Bertz CT molecular complexity index is 779. The zero-order valence-corrected chi connectivity index (χ0v) is 14.6. The topological polar surface area (TPSA) is 110 Å². The molecule has 1 aliphatic heterocycles. The molecule has 0 aliphatic carbocycles. The summed E-state index contributed by atoms with van der Waals surface area (Å²) in [5, 5.41) is 15.3. The number of carboxylic acid groups (broad SMARTS) is 1. The third-order valence-electron chi connectivity index (χ3n) is 3.93. The van der Waals surface area contributed by atoms with Gasteiger partial charge in [0.1, 0.15) is 12.4 Å². The molecule has 2 atom stereocenters. The smallest absolute Gasteiger partial charge is 0.325 e. The number of carbonyl (C=O) groups is 2. The van der Waals surface area contributed by atoms with Gasteiger partial charge in [-0.1, -0.05) is 0 Å². The molecule has 9 heteroatoms. The van der Waals surface area contributed by atoms with Crippen LogP contribution in [0.2, 0.25) is 0 Å². The quantitative estimate of drug-likeness (QED) is 0.826. The van der Waals surface area contributed by atoms with E-state index in [1.54, 1.807) is 12.1 Å². The molecule has 9 nitrogen and oxygen atoms in total. The normalized spacial score (nSPS) is 20.0. The van der Waals surface area contributed by atoms with Gasteiger partial charge in [0.25, 0.3) is 5.91 Å². The van der Waals surface area contributed by atoms with Crippen molar-refractivity contribution in [2.24, 2.45) is 0 Å². The first-order chi connectivity index (χ1) is 12.4. The van der Waals surface area contributed by atoms with Gasteiger partial charge in [0, 0.05) is 31.5 Å². The van der Waals surface area contributed by atoms with E-state index in [1.165, 1.54) is 17.1 Å². The average molecular weight is 359 g/mol. The molecule has 26 heavy (non-hydrogen) atoms. The predicted molar refractivity (Wildman–Crippen MR) is 94.3 cm³/mol. The van der Waals surface area contributed by atoms with E-state index in [0.29, 0.717) is 5.56 Å². The maximum Gasteiger partial charge on any atom is 0.325 e. The van der Waals surface area contributed by atoms with E-state index in [9.17, 15) is 9.59 Å². The van der Waals surface area contributed by atoms with E-state index in [0.717, 1.165) is 18.9 Å². The second kappa shape index (κ2) is 7.52. The average Bonchev–Trinajstić information content (AvgIpc) is 3.00. The first-order valence-electron chi connectivity index (χ1n) is 8.34. The fraction of sp³-hybridized carbons (Fsp3) is 0.412. The first kappa shape index (κ1) is 17.9. The van der Waals surface area contributed by atoms with Crippen LogP contribution in [0.5, 0.6) is 0 Å². The van der Waals surface area contributed by atoms with E-state index in [-0.39, 0.29) is 30.5 Å². The zero-order chi connectivity index (χ0) is 18.7. The molecule has 0 aromatic carbocycles. The first-order valence-corrected chi connectivity index (χ1v) is 8.34. The van der Waals surface area contributed by atoms with Crippen LogP contribution < -0.4 is 10.2 Å². The van der Waals surface area contributed by atoms with E-state index >= 15 is 0 Å². The molecule has 2 aromatic heterocycles. The number of hydrogen-bond acceptors (Lipinski definition) is 6. The number of nitrogens with zero attached hydrogens (tertiary/aromatic N) is 4. The van der Waals surface area contributed by atoms with Crippen molar-refractivity contribution in [2.45, 2.75) is 32.6 Å². The van der Waals surface area contributed by atoms with Gasteiger partial charge in [-0.25, -0.2) is 4.98 Å². The summed E-state index contributed by atoms with van der Waals surface area (Å²) in [5.41, 5.74) is 0.399. The molecule has 0 spiro atoms. The number of pyridine rings is 1. The maximum atomic E-state index is 12.3. The Morgan fingerprint density at radius 3 is 2.62 bits per heavy atom. The molecule has 138 valence electrons. The predicted octanol–water partition coefficient (Wildman–Crippen LogP) is 1.23. The standard InChI is InChI=1S/C17H21N5O4/c1-11-8-21(9-12(2)26-11)15-4-3-13(7-18-15)17(25)19-14-5-6-22(20-14)10-16(23)24/h3-7,11-12H,8-10H2,1-2H3,(H,23,24)(H,19,20,25). The summed E-state index contributed by atoms with van der Waals surface area (Å²) in [5.74, 6) is -0.267. The van der Waals surface area contributed by atoms with E-state index < -0.39 is 5.97 Å². The summed E-state index contributed by atoms with van der Waals surface area (Å²) in [4.78, 5) is 29.5. The van der Waals surface area contributed by atoms with Crippen molar-refractivity contribution in [1.82, 2.24) is 14.8 Å². The lowest BCUT2D eigenvalue weighted by molar-refractivity contribution is -0.137. The van der Waals surface area contributed by atoms with Crippen LogP contribution in [0.4, 0.5) is 11.6 Å². The van der Waals surface area contributed by atoms with Crippen molar-refractivity contribution in [3.05, 3.63) is 36.2 Å². The van der Waals surface area contributed by atoms with Gasteiger partial charge in [0.2, 0.25) is 0 Å². The van der Waals surface area contributed by atoms with Crippen molar-refractivity contribution in [3.8, 4) is 0 Å². The molecule has 1 aliphatic rings. The Kier molecular flexibility index (Phi) is 5.17. The maximum absolute atomic E-state index is 12.3. The van der Waals surface area contributed by atoms with Crippen molar-refractivity contribution in [2.75, 3.05) is 23.3 Å². The van der Waals surface area contributed by atoms with Crippen molar-refractivity contribution in [3.63, 3.8) is 0 Å². The minimum atomic E-state index is -1.00. The highest BCUT2D eigenvalue weighted by molar-refractivity contribution is 6.03. The number of carbonyl (C=O) groups excluding carboxylic acids is 1. The SMILES string of the molecule is CC1CN(c2ccc(C(=O)Nc3ccn(CC(=O)O)n3)cn2)CC(C)O1. The van der Waals surface area contributed by atoms with Gasteiger partial charge >= 0.3 is 5.97 Å². The Labute approximate surface area is 150 Å². The summed E-state index contributed by atoms with van der Waals surface area (Å²) in [7, 11) is 0. The molecule has 2 aromatic rings. The highest BCUT2D eigenvalue weighted by atomic mass is 16.5. The lowest BCUT2D eigenvalue weighted by Crippen LogP contribution is -2.45. The lowest BCUT2D eigenvalue weighted by Gasteiger charge is -2.36. The van der Waals surface area contributed by atoms with E-state index in [4.69, 9.17) is 9.84 Å². The number of rotatable bonds is 5. The Hall–Kier alpha value is -2.94. The molecular weight excluding hydrogens is 338 g/mol. The number of anilines is 2. The summed E-state index contributed by atoms with van der Waals surface area (Å²) < 4.78 is 6.95. The molecule has 1 amide bonds. The molecule has 1 saturated heterocycles. The van der Waals surface area contributed by atoms with Crippen LogP contribution in [0.3, 0.4) is 0 Å². The number of hydrogen-bond donors (Lipinski definition) is 2.